The summed E-state index contributed by atoms with van der Waals surface area (Å²) in [5.41, 5.74) is 7.93. The zero-order valence-electron chi connectivity index (χ0n) is 15.2. The van der Waals surface area contributed by atoms with Gasteiger partial charge in [0, 0.05) is 5.56 Å². The fourth-order valence-corrected chi connectivity index (χ4v) is 2.63. The molecule has 1 unspecified atom stereocenters. The number of nitrogens with two attached hydrogens (primary N) is 1. The van der Waals surface area contributed by atoms with E-state index in [4.69, 9.17) is 15.2 Å². The largest absolute Gasteiger partial charge is 0.469 e. The molecule has 0 aliphatic rings. The monoisotopic (exact) mass is 350 g/mol. The van der Waals surface area contributed by atoms with E-state index in [1.54, 1.807) is 26.0 Å². The number of carbonyl (C=O) groups excluding carboxylic acids is 3. The van der Waals surface area contributed by atoms with Crippen molar-refractivity contribution in [1.29, 1.82) is 0 Å². The van der Waals surface area contributed by atoms with Gasteiger partial charge in [-0.1, -0.05) is 13.3 Å². The third-order valence-electron chi connectivity index (χ3n) is 3.85. The molecule has 7 heteroatoms. The Morgan fingerprint density at radius 3 is 2.28 bits per heavy atom. The lowest BCUT2D eigenvalue weighted by Crippen LogP contribution is -2.32. The van der Waals surface area contributed by atoms with Crippen LogP contribution in [-0.4, -0.2) is 31.7 Å². The normalized spacial score (nSPS) is 11.5. The number of rotatable bonds is 8. The number of benzene rings is 1. The predicted octanol–water partition coefficient (Wildman–Crippen LogP) is 2.53. The molecule has 0 aliphatic carbocycles. The van der Waals surface area contributed by atoms with Crippen LogP contribution in [0.5, 0.6) is 0 Å². The van der Waals surface area contributed by atoms with Crippen molar-refractivity contribution in [1.82, 2.24) is 5.32 Å². The van der Waals surface area contributed by atoms with E-state index in [0.29, 0.717) is 12.2 Å². The van der Waals surface area contributed by atoms with Gasteiger partial charge < -0.3 is 20.5 Å². The maximum absolute atomic E-state index is 12.0. The SMILES string of the molecule is CCCCOC(=O)NC(CC(=O)OC)c1c(C)cc(C(N)=O)cc1C. The van der Waals surface area contributed by atoms with Gasteiger partial charge in [0.05, 0.1) is 26.2 Å². The highest BCUT2D eigenvalue weighted by Crippen LogP contribution is 2.26. The zero-order valence-corrected chi connectivity index (χ0v) is 15.2. The van der Waals surface area contributed by atoms with Crippen molar-refractivity contribution in [3.8, 4) is 0 Å². The first kappa shape index (κ1) is 20.5. The van der Waals surface area contributed by atoms with Gasteiger partial charge in [-0.15, -0.1) is 0 Å². The predicted molar refractivity (Wildman–Crippen MR) is 93.2 cm³/mol. The summed E-state index contributed by atoms with van der Waals surface area (Å²) in [6, 6.07) is 2.65. The summed E-state index contributed by atoms with van der Waals surface area (Å²) in [5.74, 6) is -0.995. The van der Waals surface area contributed by atoms with E-state index < -0.39 is 24.0 Å². The van der Waals surface area contributed by atoms with Crippen LogP contribution >= 0.6 is 0 Å². The molecule has 0 spiro atoms. The molecule has 1 rings (SSSR count). The molecule has 1 aromatic rings. The van der Waals surface area contributed by atoms with Gasteiger partial charge in [-0.2, -0.15) is 0 Å². The zero-order chi connectivity index (χ0) is 19.0. The number of alkyl carbamates (subject to hydrolysis) is 1. The minimum Gasteiger partial charge on any atom is -0.469 e. The highest BCUT2D eigenvalue weighted by Gasteiger charge is 2.23. The van der Waals surface area contributed by atoms with E-state index in [1.807, 2.05) is 6.92 Å². The summed E-state index contributed by atoms with van der Waals surface area (Å²) < 4.78 is 9.83. The summed E-state index contributed by atoms with van der Waals surface area (Å²) in [7, 11) is 1.29. The lowest BCUT2D eigenvalue weighted by molar-refractivity contribution is -0.141. The number of aryl methyl sites for hydroxylation is 2. The van der Waals surface area contributed by atoms with Gasteiger partial charge in [-0.3, -0.25) is 9.59 Å². The maximum atomic E-state index is 12.0. The minimum atomic E-state index is -0.622. The van der Waals surface area contributed by atoms with Gasteiger partial charge in [-0.25, -0.2) is 4.79 Å². The Balaban J connectivity index is 3.09. The van der Waals surface area contributed by atoms with Crippen LogP contribution in [0.1, 0.15) is 59.3 Å². The standard InChI is InChI=1S/C18H26N2O5/c1-5-6-7-25-18(23)20-14(10-15(21)24-4)16-11(2)8-13(17(19)22)9-12(16)3/h8-9,14H,5-7,10H2,1-4H3,(H2,19,22)(H,20,23). The highest BCUT2D eigenvalue weighted by atomic mass is 16.5. The van der Waals surface area contributed by atoms with E-state index in [-0.39, 0.29) is 6.42 Å². The Hall–Kier alpha value is -2.57. The molecule has 0 heterocycles. The molecule has 0 saturated heterocycles. The molecule has 7 nitrogen and oxygen atoms in total. The number of nitrogens with one attached hydrogen (secondary N) is 1. The second-order valence-electron chi connectivity index (χ2n) is 5.85. The van der Waals surface area contributed by atoms with Crippen LogP contribution in [0, 0.1) is 13.8 Å². The summed E-state index contributed by atoms with van der Waals surface area (Å²) in [5, 5.41) is 2.71. The number of amides is 2. The van der Waals surface area contributed by atoms with Crippen molar-refractivity contribution in [2.45, 2.75) is 46.1 Å². The van der Waals surface area contributed by atoms with Crippen molar-refractivity contribution in [2.75, 3.05) is 13.7 Å². The van der Waals surface area contributed by atoms with Gasteiger partial charge >= 0.3 is 12.1 Å². The molecule has 3 N–H and O–H groups in total. The summed E-state index contributed by atoms with van der Waals surface area (Å²) >= 11 is 0. The highest BCUT2D eigenvalue weighted by molar-refractivity contribution is 5.93. The molecule has 25 heavy (non-hydrogen) atoms. The fraction of sp³-hybridized carbons (Fsp3) is 0.500. The van der Waals surface area contributed by atoms with Crippen molar-refractivity contribution in [3.05, 3.63) is 34.4 Å². The first-order chi connectivity index (χ1) is 11.8. The first-order valence-corrected chi connectivity index (χ1v) is 8.21. The average molecular weight is 350 g/mol. The van der Waals surface area contributed by atoms with Crippen LogP contribution in [-0.2, 0) is 14.3 Å². The molecule has 0 radical (unpaired) electrons. The van der Waals surface area contributed by atoms with Crippen molar-refractivity contribution >= 4 is 18.0 Å². The number of primary amides is 1. The molecule has 0 bridgehead atoms. The number of hydrogen-bond donors (Lipinski definition) is 2. The van der Waals surface area contributed by atoms with Crippen molar-refractivity contribution in [2.24, 2.45) is 5.73 Å². The number of hydrogen-bond acceptors (Lipinski definition) is 5. The fourth-order valence-electron chi connectivity index (χ4n) is 2.63. The Bertz CT molecular complexity index is 619. The van der Waals surface area contributed by atoms with E-state index in [1.165, 1.54) is 7.11 Å². The number of methoxy groups -OCH3 is 1. The molecule has 0 aromatic heterocycles. The number of carbonyl (C=O) groups is 3. The van der Waals surface area contributed by atoms with E-state index in [2.05, 4.69) is 5.32 Å². The quantitative estimate of drug-likeness (QED) is 0.553. The lowest BCUT2D eigenvalue weighted by Gasteiger charge is -2.22. The molecule has 0 aliphatic heterocycles. The van der Waals surface area contributed by atoms with Crippen LogP contribution < -0.4 is 11.1 Å². The summed E-state index contributed by atoms with van der Waals surface area (Å²) in [6.45, 7) is 5.90. The third-order valence-corrected chi connectivity index (χ3v) is 3.85. The Labute approximate surface area is 147 Å². The third kappa shape index (κ3) is 6.10. The van der Waals surface area contributed by atoms with Gasteiger partial charge in [0.1, 0.15) is 0 Å². The van der Waals surface area contributed by atoms with E-state index in [0.717, 1.165) is 29.5 Å². The molecule has 138 valence electrons. The van der Waals surface area contributed by atoms with Gasteiger partial charge in [-0.05, 0) is 49.1 Å². The maximum Gasteiger partial charge on any atom is 0.407 e. The lowest BCUT2D eigenvalue weighted by atomic mass is 9.92. The second kappa shape index (κ2) is 9.66. The molecule has 2 amide bonds. The number of unbranched alkanes of at least 4 members (excludes halogenated alkanes) is 1. The number of ether oxygens (including phenoxy) is 2. The minimum absolute atomic E-state index is 0.0447. The summed E-state index contributed by atoms with van der Waals surface area (Å²) in [4.78, 5) is 35.1. The molecule has 0 fully saturated rings. The molecule has 1 atom stereocenters. The van der Waals surface area contributed by atoms with Crippen LogP contribution in [0.15, 0.2) is 12.1 Å². The molecular formula is C18H26N2O5. The molecular weight excluding hydrogens is 324 g/mol. The topological polar surface area (TPSA) is 108 Å². The van der Waals surface area contributed by atoms with Gasteiger partial charge in [0.2, 0.25) is 5.91 Å². The van der Waals surface area contributed by atoms with E-state index >= 15 is 0 Å². The van der Waals surface area contributed by atoms with Crippen molar-refractivity contribution < 1.29 is 23.9 Å². The van der Waals surface area contributed by atoms with Crippen molar-refractivity contribution in [3.63, 3.8) is 0 Å². The van der Waals surface area contributed by atoms with E-state index in [9.17, 15) is 14.4 Å². The van der Waals surface area contributed by atoms with Crippen LogP contribution in [0.2, 0.25) is 0 Å². The molecule has 1 aromatic carbocycles. The van der Waals surface area contributed by atoms with Gasteiger partial charge in [0.25, 0.3) is 0 Å². The Morgan fingerprint density at radius 2 is 1.80 bits per heavy atom. The first-order valence-electron chi connectivity index (χ1n) is 8.21. The summed E-state index contributed by atoms with van der Waals surface area (Å²) in [6.07, 6.45) is 1.03. The second-order valence-corrected chi connectivity index (χ2v) is 5.85. The average Bonchev–Trinajstić information content (AvgIpc) is 2.53. The van der Waals surface area contributed by atoms with Crippen LogP contribution in [0.4, 0.5) is 4.79 Å². The Kier molecular flexibility index (Phi) is 7.91. The van der Waals surface area contributed by atoms with Crippen LogP contribution in [0.25, 0.3) is 0 Å². The van der Waals surface area contributed by atoms with Crippen LogP contribution in [0.3, 0.4) is 0 Å². The number of esters is 1. The smallest absolute Gasteiger partial charge is 0.407 e. The molecule has 0 saturated carbocycles. The Morgan fingerprint density at radius 1 is 1.20 bits per heavy atom. The van der Waals surface area contributed by atoms with Gasteiger partial charge in [0.15, 0.2) is 0 Å².